The number of rotatable bonds is 2. The van der Waals surface area contributed by atoms with Crippen molar-refractivity contribution in [3.63, 3.8) is 0 Å². The topological polar surface area (TPSA) is 28.7 Å². The summed E-state index contributed by atoms with van der Waals surface area (Å²) >= 11 is 0. The zero-order chi connectivity index (χ0) is 12.5. The molecular formula is C15H13FN2. The van der Waals surface area contributed by atoms with Gasteiger partial charge in [0.05, 0.1) is 5.52 Å². The van der Waals surface area contributed by atoms with E-state index in [1.807, 2.05) is 24.4 Å². The maximum atomic E-state index is 13.7. The number of halogens is 1. The fraction of sp³-hybridized carbons (Fsp3) is 0.133. The molecule has 0 atom stereocenters. The van der Waals surface area contributed by atoms with E-state index < -0.39 is 0 Å². The van der Waals surface area contributed by atoms with Crippen LogP contribution in [0.1, 0.15) is 12.5 Å². The summed E-state index contributed by atoms with van der Waals surface area (Å²) in [6.45, 7) is 2.11. The van der Waals surface area contributed by atoms with Crippen LogP contribution in [0, 0.1) is 5.82 Å². The lowest BCUT2D eigenvalue weighted by molar-refractivity contribution is 0.637. The molecule has 18 heavy (non-hydrogen) atoms. The van der Waals surface area contributed by atoms with Gasteiger partial charge in [-0.25, -0.2) is 4.39 Å². The molecule has 1 aromatic carbocycles. The maximum Gasteiger partial charge on any atom is 0.147 e. The van der Waals surface area contributed by atoms with Gasteiger partial charge in [0, 0.05) is 29.5 Å². The summed E-state index contributed by atoms with van der Waals surface area (Å²) in [7, 11) is 0. The number of benzene rings is 1. The quantitative estimate of drug-likeness (QED) is 0.722. The smallest absolute Gasteiger partial charge is 0.147 e. The molecule has 0 fully saturated rings. The minimum absolute atomic E-state index is 0.222. The van der Waals surface area contributed by atoms with Crippen LogP contribution in [0.5, 0.6) is 0 Å². The molecule has 0 aliphatic heterocycles. The number of aromatic amines is 1. The molecule has 0 saturated carbocycles. The van der Waals surface area contributed by atoms with Crippen molar-refractivity contribution in [1.29, 1.82) is 0 Å². The Labute approximate surface area is 104 Å². The Bertz CT molecular complexity index is 701. The van der Waals surface area contributed by atoms with Crippen LogP contribution < -0.4 is 0 Å². The van der Waals surface area contributed by atoms with Crippen molar-refractivity contribution >= 4 is 10.9 Å². The lowest BCUT2D eigenvalue weighted by Gasteiger charge is -2.08. The summed E-state index contributed by atoms with van der Waals surface area (Å²) in [5.41, 5.74) is 3.87. The van der Waals surface area contributed by atoms with E-state index >= 15 is 0 Å². The van der Waals surface area contributed by atoms with Crippen LogP contribution >= 0.6 is 0 Å². The van der Waals surface area contributed by atoms with E-state index in [0.29, 0.717) is 5.52 Å². The Balaban J connectivity index is 2.32. The van der Waals surface area contributed by atoms with Gasteiger partial charge in [0.15, 0.2) is 0 Å². The second-order valence-corrected chi connectivity index (χ2v) is 4.25. The maximum absolute atomic E-state index is 13.7. The lowest BCUT2D eigenvalue weighted by atomic mass is 9.97. The molecule has 3 rings (SSSR count). The normalized spacial score (nSPS) is 11.0. The first-order valence-electron chi connectivity index (χ1n) is 6.00. The van der Waals surface area contributed by atoms with E-state index in [2.05, 4.69) is 16.9 Å². The Hall–Kier alpha value is -2.16. The Kier molecular flexibility index (Phi) is 2.59. The van der Waals surface area contributed by atoms with Gasteiger partial charge in [-0.15, -0.1) is 0 Å². The van der Waals surface area contributed by atoms with Crippen molar-refractivity contribution in [2.24, 2.45) is 0 Å². The Morgan fingerprint density at radius 2 is 2.06 bits per heavy atom. The molecular weight excluding hydrogens is 227 g/mol. The summed E-state index contributed by atoms with van der Waals surface area (Å²) in [6.07, 6.45) is 6.33. The third-order valence-corrected chi connectivity index (χ3v) is 3.25. The molecule has 1 N–H and O–H groups in total. The number of nitrogens with one attached hydrogen (secondary N) is 1. The third kappa shape index (κ3) is 1.59. The van der Waals surface area contributed by atoms with Crippen LogP contribution in [0.15, 0.2) is 42.9 Å². The molecule has 3 aromatic rings. The molecule has 3 heteroatoms. The van der Waals surface area contributed by atoms with Gasteiger partial charge >= 0.3 is 0 Å². The van der Waals surface area contributed by atoms with Crippen molar-refractivity contribution in [2.75, 3.05) is 0 Å². The van der Waals surface area contributed by atoms with Crippen LogP contribution in [0.4, 0.5) is 4.39 Å². The number of pyridine rings is 1. The predicted molar refractivity (Wildman–Crippen MR) is 70.9 cm³/mol. The SMILES string of the molecule is CCc1ccncc1-c1ccc(F)c2[nH]ccc12. The highest BCUT2D eigenvalue weighted by molar-refractivity contribution is 5.95. The van der Waals surface area contributed by atoms with Crippen molar-refractivity contribution < 1.29 is 4.39 Å². The molecule has 2 nitrogen and oxygen atoms in total. The number of hydrogen-bond donors (Lipinski definition) is 1. The largest absolute Gasteiger partial charge is 0.359 e. The standard InChI is InChI=1S/C15H13FN2/c1-2-10-5-7-17-9-13(10)11-3-4-14(16)15-12(11)6-8-18-15/h3-9,18H,2H2,1H3. The number of aromatic nitrogens is 2. The number of aryl methyl sites for hydroxylation is 1. The molecule has 0 saturated heterocycles. The minimum Gasteiger partial charge on any atom is -0.359 e. The second-order valence-electron chi connectivity index (χ2n) is 4.25. The van der Waals surface area contributed by atoms with Crippen molar-refractivity contribution in [2.45, 2.75) is 13.3 Å². The first-order valence-corrected chi connectivity index (χ1v) is 6.00. The van der Waals surface area contributed by atoms with E-state index in [1.54, 1.807) is 12.4 Å². The molecule has 0 bridgehead atoms. The minimum atomic E-state index is -0.222. The van der Waals surface area contributed by atoms with Crippen LogP contribution in [0.3, 0.4) is 0 Å². The number of hydrogen-bond acceptors (Lipinski definition) is 1. The molecule has 2 heterocycles. The molecule has 0 radical (unpaired) electrons. The summed E-state index contributed by atoms with van der Waals surface area (Å²) < 4.78 is 13.7. The van der Waals surface area contributed by atoms with E-state index in [1.165, 1.54) is 11.6 Å². The van der Waals surface area contributed by atoms with E-state index in [9.17, 15) is 4.39 Å². The highest BCUT2D eigenvalue weighted by Gasteiger charge is 2.11. The highest BCUT2D eigenvalue weighted by Crippen LogP contribution is 2.31. The average molecular weight is 240 g/mol. The summed E-state index contributed by atoms with van der Waals surface area (Å²) in [6, 6.07) is 7.24. The second kappa shape index (κ2) is 4.26. The van der Waals surface area contributed by atoms with Crippen LogP contribution in [-0.4, -0.2) is 9.97 Å². The number of H-pyrrole nitrogens is 1. The van der Waals surface area contributed by atoms with Gasteiger partial charge in [0.2, 0.25) is 0 Å². The molecule has 90 valence electrons. The van der Waals surface area contributed by atoms with Gasteiger partial charge < -0.3 is 4.98 Å². The molecule has 0 aliphatic rings. The molecule has 0 spiro atoms. The van der Waals surface area contributed by atoms with Crippen LogP contribution in [-0.2, 0) is 6.42 Å². The predicted octanol–water partition coefficient (Wildman–Crippen LogP) is 3.93. The first kappa shape index (κ1) is 11.0. The molecule has 0 aliphatic carbocycles. The Morgan fingerprint density at radius 1 is 1.17 bits per heavy atom. The van der Waals surface area contributed by atoms with Gasteiger partial charge in [0.25, 0.3) is 0 Å². The van der Waals surface area contributed by atoms with Gasteiger partial charge in [-0.2, -0.15) is 0 Å². The van der Waals surface area contributed by atoms with Crippen molar-refractivity contribution in [3.8, 4) is 11.1 Å². The fourth-order valence-corrected chi connectivity index (χ4v) is 2.33. The van der Waals surface area contributed by atoms with E-state index in [0.717, 1.165) is 22.9 Å². The van der Waals surface area contributed by atoms with Gasteiger partial charge in [-0.3, -0.25) is 4.98 Å². The fourth-order valence-electron chi connectivity index (χ4n) is 2.33. The summed E-state index contributed by atoms with van der Waals surface area (Å²) in [5.74, 6) is -0.222. The third-order valence-electron chi connectivity index (χ3n) is 3.25. The van der Waals surface area contributed by atoms with Crippen LogP contribution in [0.25, 0.3) is 22.0 Å². The lowest BCUT2D eigenvalue weighted by Crippen LogP contribution is -1.90. The Morgan fingerprint density at radius 3 is 2.89 bits per heavy atom. The summed E-state index contributed by atoms with van der Waals surface area (Å²) in [4.78, 5) is 7.12. The van der Waals surface area contributed by atoms with Crippen LogP contribution in [0.2, 0.25) is 0 Å². The monoisotopic (exact) mass is 240 g/mol. The zero-order valence-electron chi connectivity index (χ0n) is 10.1. The van der Waals surface area contributed by atoms with E-state index in [-0.39, 0.29) is 5.82 Å². The van der Waals surface area contributed by atoms with E-state index in [4.69, 9.17) is 0 Å². The molecule has 0 unspecified atom stereocenters. The van der Waals surface area contributed by atoms with Crippen molar-refractivity contribution in [3.05, 3.63) is 54.2 Å². The molecule has 2 aromatic heterocycles. The van der Waals surface area contributed by atoms with Crippen molar-refractivity contribution in [1.82, 2.24) is 9.97 Å². The van der Waals surface area contributed by atoms with Gasteiger partial charge in [0.1, 0.15) is 5.82 Å². The number of fused-ring (bicyclic) bond motifs is 1. The average Bonchev–Trinajstić information content (AvgIpc) is 2.89. The van der Waals surface area contributed by atoms with Gasteiger partial charge in [-0.05, 0) is 35.7 Å². The summed E-state index contributed by atoms with van der Waals surface area (Å²) in [5, 5.41) is 0.901. The first-order chi connectivity index (χ1) is 8.81. The number of nitrogens with zero attached hydrogens (tertiary/aromatic N) is 1. The zero-order valence-corrected chi connectivity index (χ0v) is 10.1. The highest BCUT2D eigenvalue weighted by atomic mass is 19.1. The molecule has 0 amide bonds. The van der Waals surface area contributed by atoms with Gasteiger partial charge in [-0.1, -0.05) is 13.0 Å².